The number of hydrogen-bond donors (Lipinski definition) is 0. The van der Waals surface area contributed by atoms with Gasteiger partial charge >= 0.3 is 5.97 Å². The number of methoxy groups -OCH3 is 1. The molecule has 0 aromatic heterocycles. The number of anilines is 1. The molecule has 2 atom stereocenters. The number of likely N-dealkylation sites (N-methyl/N-ethyl adjacent to an activating group) is 1. The number of carbonyl (C=O) groups excluding carboxylic acids is 2. The minimum atomic E-state index is -0.654. The van der Waals surface area contributed by atoms with E-state index in [1.165, 1.54) is 7.11 Å². The molecule has 0 aliphatic carbocycles. The Bertz CT molecular complexity index is 526. The van der Waals surface area contributed by atoms with Gasteiger partial charge in [0.1, 0.15) is 0 Å². The highest BCUT2D eigenvalue weighted by molar-refractivity contribution is 6.07. The number of ether oxygens (including phenoxy) is 1. The number of carbonyl (C=O) groups is 2. The predicted octanol–water partition coefficient (Wildman–Crippen LogP) is 2.12. The number of benzene rings is 1. The van der Waals surface area contributed by atoms with Crippen LogP contribution in [0, 0.1) is 5.92 Å². The molecular formula is C15H19NO3. The number of amides is 1. The summed E-state index contributed by atoms with van der Waals surface area (Å²) in [6.45, 7) is 3.70. The fourth-order valence-corrected chi connectivity index (χ4v) is 2.92. The minimum Gasteiger partial charge on any atom is -0.469 e. The van der Waals surface area contributed by atoms with Gasteiger partial charge in [-0.3, -0.25) is 9.59 Å². The van der Waals surface area contributed by atoms with Crippen molar-refractivity contribution < 1.29 is 14.3 Å². The molecule has 0 N–H and O–H groups in total. The zero-order chi connectivity index (χ0) is 14.2. The number of nitrogens with zero attached hydrogens (tertiary/aromatic N) is 1. The van der Waals surface area contributed by atoms with Crippen molar-refractivity contribution in [1.29, 1.82) is 0 Å². The van der Waals surface area contributed by atoms with Crippen molar-refractivity contribution >= 4 is 17.6 Å². The number of hydrogen-bond acceptors (Lipinski definition) is 3. The molecule has 19 heavy (non-hydrogen) atoms. The van der Waals surface area contributed by atoms with Crippen molar-refractivity contribution in [2.75, 3.05) is 19.1 Å². The molecule has 4 nitrogen and oxygen atoms in total. The molecule has 1 aromatic rings. The van der Waals surface area contributed by atoms with Crippen molar-refractivity contribution in [3.63, 3.8) is 0 Å². The summed E-state index contributed by atoms with van der Waals surface area (Å²) in [5, 5.41) is 0. The summed E-state index contributed by atoms with van der Waals surface area (Å²) in [6.07, 6.45) is 0.458. The molecule has 2 unspecified atom stereocenters. The van der Waals surface area contributed by atoms with Gasteiger partial charge in [-0.05, 0) is 25.0 Å². The highest BCUT2D eigenvalue weighted by Crippen LogP contribution is 2.44. The van der Waals surface area contributed by atoms with Crippen LogP contribution < -0.4 is 4.90 Å². The molecule has 102 valence electrons. The van der Waals surface area contributed by atoms with E-state index < -0.39 is 5.41 Å². The van der Waals surface area contributed by atoms with Crippen LogP contribution in [0.4, 0.5) is 5.69 Å². The Morgan fingerprint density at radius 2 is 2.05 bits per heavy atom. The lowest BCUT2D eigenvalue weighted by Crippen LogP contribution is -2.38. The molecule has 0 bridgehead atoms. The highest BCUT2D eigenvalue weighted by Gasteiger charge is 2.47. The maximum atomic E-state index is 12.5. The fourth-order valence-electron chi connectivity index (χ4n) is 2.92. The first kappa shape index (κ1) is 13.6. The van der Waals surface area contributed by atoms with Crippen LogP contribution in [-0.2, 0) is 19.7 Å². The molecule has 0 saturated carbocycles. The van der Waals surface area contributed by atoms with Crippen LogP contribution in [0.1, 0.15) is 25.8 Å². The van der Waals surface area contributed by atoms with Crippen molar-refractivity contribution in [3.8, 4) is 0 Å². The summed E-state index contributed by atoms with van der Waals surface area (Å²) < 4.78 is 4.75. The lowest BCUT2D eigenvalue weighted by atomic mass is 9.76. The molecule has 2 rings (SSSR count). The second kappa shape index (κ2) is 4.68. The monoisotopic (exact) mass is 261 g/mol. The van der Waals surface area contributed by atoms with Gasteiger partial charge in [0.05, 0.1) is 18.4 Å². The summed E-state index contributed by atoms with van der Waals surface area (Å²) in [5.74, 6) is -0.552. The number of esters is 1. The van der Waals surface area contributed by atoms with Gasteiger partial charge in [-0.25, -0.2) is 0 Å². The van der Waals surface area contributed by atoms with Crippen LogP contribution in [0.25, 0.3) is 0 Å². The van der Waals surface area contributed by atoms with E-state index in [0.29, 0.717) is 6.42 Å². The Morgan fingerprint density at radius 1 is 1.42 bits per heavy atom. The summed E-state index contributed by atoms with van der Waals surface area (Å²) in [6, 6.07) is 7.73. The van der Waals surface area contributed by atoms with E-state index in [2.05, 4.69) is 0 Å². The van der Waals surface area contributed by atoms with E-state index in [0.717, 1.165) is 11.3 Å². The zero-order valence-electron chi connectivity index (χ0n) is 11.8. The van der Waals surface area contributed by atoms with Crippen LogP contribution in [0.5, 0.6) is 0 Å². The first-order chi connectivity index (χ1) is 8.91. The Morgan fingerprint density at radius 3 is 2.68 bits per heavy atom. The van der Waals surface area contributed by atoms with Crippen LogP contribution in [0.2, 0.25) is 0 Å². The Kier molecular flexibility index (Phi) is 3.35. The molecular weight excluding hydrogens is 242 g/mol. The van der Waals surface area contributed by atoms with Crippen molar-refractivity contribution in [1.82, 2.24) is 0 Å². The molecule has 0 spiro atoms. The second-order valence-electron chi connectivity index (χ2n) is 5.34. The van der Waals surface area contributed by atoms with E-state index >= 15 is 0 Å². The molecule has 1 heterocycles. The summed E-state index contributed by atoms with van der Waals surface area (Å²) in [7, 11) is 3.15. The average Bonchev–Trinajstić information content (AvgIpc) is 2.61. The molecule has 0 radical (unpaired) electrons. The van der Waals surface area contributed by atoms with Gasteiger partial charge in [-0.2, -0.15) is 0 Å². The topological polar surface area (TPSA) is 46.6 Å². The zero-order valence-corrected chi connectivity index (χ0v) is 11.8. The molecule has 1 aliphatic rings. The quantitative estimate of drug-likeness (QED) is 0.783. The van der Waals surface area contributed by atoms with Gasteiger partial charge in [-0.1, -0.05) is 25.1 Å². The summed E-state index contributed by atoms with van der Waals surface area (Å²) >= 11 is 0. The minimum absolute atomic E-state index is 0.0319. The lowest BCUT2D eigenvalue weighted by Gasteiger charge is -2.25. The number of rotatable bonds is 3. The van der Waals surface area contributed by atoms with Crippen molar-refractivity contribution in [2.24, 2.45) is 5.92 Å². The molecule has 1 aliphatic heterocycles. The first-order valence-corrected chi connectivity index (χ1v) is 6.37. The fraction of sp³-hybridized carbons (Fsp3) is 0.467. The summed E-state index contributed by atoms with van der Waals surface area (Å²) in [5.41, 5.74) is 1.25. The van der Waals surface area contributed by atoms with Crippen LogP contribution >= 0.6 is 0 Å². The lowest BCUT2D eigenvalue weighted by molar-refractivity contribution is -0.145. The Labute approximate surface area is 113 Å². The smallest absolute Gasteiger partial charge is 0.308 e. The molecule has 1 aromatic carbocycles. The largest absolute Gasteiger partial charge is 0.469 e. The normalized spacial score (nSPS) is 23.2. The average molecular weight is 261 g/mol. The third-order valence-corrected chi connectivity index (χ3v) is 3.95. The Hall–Kier alpha value is -1.84. The maximum absolute atomic E-state index is 12.5. The molecule has 1 amide bonds. The van der Waals surface area contributed by atoms with Crippen molar-refractivity contribution in [3.05, 3.63) is 29.8 Å². The van der Waals surface area contributed by atoms with Gasteiger partial charge in [0.15, 0.2) is 0 Å². The first-order valence-electron chi connectivity index (χ1n) is 6.37. The molecule has 0 fully saturated rings. The van der Waals surface area contributed by atoms with E-state index in [-0.39, 0.29) is 17.8 Å². The van der Waals surface area contributed by atoms with E-state index in [1.807, 2.05) is 31.2 Å². The third-order valence-electron chi connectivity index (χ3n) is 3.95. The predicted molar refractivity (Wildman–Crippen MR) is 73.0 cm³/mol. The number of para-hydroxylation sites is 1. The van der Waals surface area contributed by atoms with Gasteiger partial charge in [0.2, 0.25) is 5.91 Å². The van der Waals surface area contributed by atoms with E-state index in [9.17, 15) is 9.59 Å². The van der Waals surface area contributed by atoms with Gasteiger partial charge in [0, 0.05) is 12.7 Å². The van der Waals surface area contributed by atoms with Crippen LogP contribution in [0.3, 0.4) is 0 Å². The standard InChI is InChI=1S/C15H19NO3/c1-10(13(17)19-4)9-15(2)11-7-5-6-8-12(11)16(3)14(15)18/h5-8,10H,9H2,1-4H3. The second-order valence-corrected chi connectivity index (χ2v) is 5.34. The third kappa shape index (κ3) is 2.01. The van der Waals surface area contributed by atoms with E-state index in [4.69, 9.17) is 4.74 Å². The molecule has 4 heteroatoms. The van der Waals surface area contributed by atoms with Gasteiger partial charge < -0.3 is 9.64 Å². The number of fused-ring (bicyclic) bond motifs is 1. The van der Waals surface area contributed by atoms with Crippen molar-refractivity contribution in [2.45, 2.75) is 25.7 Å². The summed E-state index contributed by atoms with van der Waals surface area (Å²) in [4.78, 5) is 25.8. The van der Waals surface area contributed by atoms with Gasteiger partial charge in [-0.15, -0.1) is 0 Å². The van der Waals surface area contributed by atoms with E-state index in [1.54, 1.807) is 18.9 Å². The highest BCUT2D eigenvalue weighted by atomic mass is 16.5. The van der Waals surface area contributed by atoms with Crippen LogP contribution in [-0.4, -0.2) is 26.0 Å². The van der Waals surface area contributed by atoms with Crippen LogP contribution in [0.15, 0.2) is 24.3 Å². The molecule has 0 saturated heterocycles. The maximum Gasteiger partial charge on any atom is 0.308 e. The van der Waals surface area contributed by atoms with Gasteiger partial charge in [0.25, 0.3) is 0 Å². The Balaban J connectivity index is 2.38. The SMILES string of the molecule is COC(=O)C(C)CC1(C)C(=O)N(C)c2ccccc21.